The molecule has 3 rings (SSSR count). The fraction of sp³-hybridized carbons (Fsp3) is 0.259. The molecule has 0 aliphatic rings. The summed E-state index contributed by atoms with van der Waals surface area (Å²) in [5.74, 6) is 0.281. The number of methoxy groups -OCH3 is 3. The Morgan fingerprint density at radius 3 is 2.09 bits per heavy atom. The minimum absolute atomic E-state index is 0.0865. The Hall–Kier alpha value is -4.00. The second-order valence-corrected chi connectivity index (χ2v) is 7.80. The SMILES string of the molecule is COc1cc(CC(=O)OC(C(=O)Nc2cc(C)ccc2C)c2ccccc2)cc(OC)c1OC. The van der Waals surface area contributed by atoms with Gasteiger partial charge < -0.3 is 24.3 Å². The summed E-state index contributed by atoms with van der Waals surface area (Å²) in [6, 6.07) is 18.1. The van der Waals surface area contributed by atoms with Crippen molar-refractivity contribution in [1.29, 1.82) is 0 Å². The van der Waals surface area contributed by atoms with Gasteiger partial charge >= 0.3 is 5.97 Å². The lowest BCUT2D eigenvalue weighted by molar-refractivity contribution is -0.154. The Morgan fingerprint density at radius 1 is 0.853 bits per heavy atom. The molecule has 178 valence electrons. The number of amides is 1. The van der Waals surface area contributed by atoms with Crippen molar-refractivity contribution >= 4 is 17.6 Å². The minimum Gasteiger partial charge on any atom is -0.493 e. The van der Waals surface area contributed by atoms with Crippen LogP contribution in [0.4, 0.5) is 5.69 Å². The third-order valence-electron chi connectivity index (χ3n) is 5.31. The van der Waals surface area contributed by atoms with Crippen LogP contribution in [0.5, 0.6) is 17.2 Å². The van der Waals surface area contributed by atoms with Crippen LogP contribution < -0.4 is 19.5 Å². The highest BCUT2D eigenvalue weighted by Gasteiger charge is 2.26. The minimum atomic E-state index is -1.12. The van der Waals surface area contributed by atoms with Gasteiger partial charge in [0.2, 0.25) is 11.9 Å². The Labute approximate surface area is 199 Å². The van der Waals surface area contributed by atoms with Crippen molar-refractivity contribution in [2.75, 3.05) is 26.6 Å². The maximum Gasteiger partial charge on any atom is 0.311 e. The Kier molecular flexibility index (Phi) is 8.14. The Bertz CT molecular complexity index is 1130. The van der Waals surface area contributed by atoms with Gasteiger partial charge in [0.15, 0.2) is 11.5 Å². The summed E-state index contributed by atoms with van der Waals surface area (Å²) in [7, 11) is 4.51. The largest absolute Gasteiger partial charge is 0.493 e. The van der Waals surface area contributed by atoms with Crippen LogP contribution in [-0.2, 0) is 20.7 Å². The van der Waals surface area contributed by atoms with Crippen LogP contribution in [0.15, 0.2) is 60.7 Å². The summed E-state index contributed by atoms with van der Waals surface area (Å²) >= 11 is 0. The molecule has 1 atom stereocenters. The molecule has 1 amide bonds. The van der Waals surface area contributed by atoms with Crippen molar-refractivity contribution in [3.8, 4) is 17.2 Å². The average molecular weight is 464 g/mol. The molecule has 3 aromatic carbocycles. The van der Waals surface area contributed by atoms with E-state index in [0.29, 0.717) is 34.1 Å². The van der Waals surface area contributed by atoms with Crippen molar-refractivity contribution in [3.05, 3.63) is 82.9 Å². The van der Waals surface area contributed by atoms with Crippen LogP contribution in [0, 0.1) is 13.8 Å². The number of hydrogen-bond acceptors (Lipinski definition) is 6. The zero-order valence-electron chi connectivity index (χ0n) is 20.0. The zero-order valence-corrected chi connectivity index (χ0v) is 20.0. The molecule has 3 aromatic rings. The normalized spacial score (nSPS) is 11.3. The van der Waals surface area contributed by atoms with E-state index in [2.05, 4.69) is 5.32 Å². The number of rotatable bonds is 9. The fourth-order valence-corrected chi connectivity index (χ4v) is 3.55. The molecule has 0 spiro atoms. The van der Waals surface area contributed by atoms with Crippen molar-refractivity contribution in [3.63, 3.8) is 0 Å². The number of ether oxygens (including phenoxy) is 4. The first-order chi connectivity index (χ1) is 16.4. The summed E-state index contributed by atoms with van der Waals surface area (Å²) < 4.78 is 21.7. The van der Waals surface area contributed by atoms with E-state index in [1.807, 2.05) is 38.1 Å². The number of carbonyl (C=O) groups is 2. The molecule has 0 heterocycles. The summed E-state index contributed by atoms with van der Waals surface area (Å²) in [6.07, 6.45) is -1.20. The molecule has 1 N–H and O–H groups in total. The Morgan fingerprint density at radius 2 is 1.50 bits per heavy atom. The van der Waals surface area contributed by atoms with Gasteiger partial charge in [-0.05, 0) is 48.7 Å². The van der Waals surface area contributed by atoms with Crippen LogP contribution in [0.25, 0.3) is 0 Å². The highest BCUT2D eigenvalue weighted by atomic mass is 16.5. The van der Waals surface area contributed by atoms with Crippen LogP contribution in [-0.4, -0.2) is 33.2 Å². The predicted molar refractivity (Wildman–Crippen MR) is 130 cm³/mol. The monoisotopic (exact) mass is 463 g/mol. The molecule has 0 radical (unpaired) electrons. The molecule has 0 saturated carbocycles. The van der Waals surface area contributed by atoms with Gasteiger partial charge in [0.1, 0.15) is 0 Å². The van der Waals surface area contributed by atoms with Crippen molar-refractivity contribution in [1.82, 2.24) is 0 Å². The molecule has 0 aliphatic carbocycles. The number of aryl methyl sites for hydroxylation is 2. The summed E-state index contributed by atoms with van der Waals surface area (Å²) in [5, 5.41) is 2.90. The number of hydrogen-bond donors (Lipinski definition) is 1. The van der Waals surface area contributed by atoms with Gasteiger partial charge in [0.25, 0.3) is 5.91 Å². The topological polar surface area (TPSA) is 83.1 Å². The highest BCUT2D eigenvalue weighted by molar-refractivity contribution is 5.96. The molecular weight excluding hydrogens is 434 g/mol. The van der Waals surface area contributed by atoms with E-state index >= 15 is 0 Å². The lowest BCUT2D eigenvalue weighted by Crippen LogP contribution is -2.26. The summed E-state index contributed by atoms with van der Waals surface area (Å²) in [6.45, 7) is 3.85. The predicted octanol–water partition coefficient (Wildman–Crippen LogP) is 4.79. The van der Waals surface area contributed by atoms with Crippen LogP contribution in [0.2, 0.25) is 0 Å². The summed E-state index contributed by atoms with van der Waals surface area (Å²) in [5.41, 5.74) is 3.77. The number of carbonyl (C=O) groups excluding carboxylic acids is 2. The van der Waals surface area contributed by atoms with Gasteiger partial charge in [-0.2, -0.15) is 0 Å². The van der Waals surface area contributed by atoms with Crippen LogP contribution in [0.1, 0.15) is 28.4 Å². The van der Waals surface area contributed by atoms with E-state index < -0.39 is 18.0 Å². The molecule has 0 aliphatic heterocycles. The molecule has 0 bridgehead atoms. The molecule has 7 nitrogen and oxygen atoms in total. The number of anilines is 1. The van der Waals surface area contributed by atoms with Gasteiger partial charge in [-0.25, -0.2) is 0 Å². The lowest BCUT2D eigenvalue weighted by Gasteiger charge is -2.19. The number of esters is 1. The second kappa shape index (κ2) is 11.2. The van der Waals surface area contributed by atoms with E-state index in [-0.39, 0.29) is 6.42 Å². The third-order valence-corrected chi connectivity index (χ3v) is 5.31. The molecular formula is C27H29NO6. The molecule has 0 saturated heterocycles. The maximum atomic E-state index is 13.2. The van der Waals surface area contributed by atoms with Gasteiger partial charge in [-0.3, -0.25) is 9.59 Å². The quantitative estimate of drug-likeness (QED) is 0.459. The summed E-state index contributed by atoms with van der Waals surface area (Å²) in [4.78, 5) is 26.1. The lowest BCUT2D eigenvalue weighted by atomic mass is 10.1. The fourth-order valence-electron chi connectivity index (χ4n) is 3.55. The smallest absolute Gasteiger partial charge is 0.311 e. The second-order valence-electron chi connectivity index (χ2n) is 7.80. The first-order valence-corrected chi connectivity index (χ1v) is 10.8. The van der Waals surface area contributed by atoms with Crippen LogP contribution in [0.3, 0.4) is 0 Å². The molecule has 0 fully saturated rings. The maximum absolute atomic E-state index is 13.2. The number of benzene rings is 3. The van der Waals surface area contributed by atoms with E-state index in [1.54, 1.807) is 36.4 Å². The van der Waals surface area contributed by atoms with E-state index in [9.17, 15) is 9.59 Å². The molecule has 0 aromatic heterocycles. The average Bonchev–Trinajstić information content (AvgIpc) is 2.84. The molecule has 34 heavy (non-hydrogen) atoms. The Balaban J connectivity index is 1.84. The van der Waals surface area contributed by atoms with Crippen molar-refractivity contribution in [2.45, 2.75) is 26.4 Å². The third kappa shape index (κ3) is 5.86. The molecule has 7 heteroatoms. The van der Waals surface area contributed by atoms with E-state index in [1.165, 1.54) is 21.3 Å². The first-order valence-electron chi connectivity index (χ1n) is 10.8. The highest BCUT2D eigenvalue weighted by Crippen LogP contribution is 2.38. The van der Waals surface area contributed by atoms with E-state index in [0.717, 1.165) is 11.1 Å². The standard InChI is InChI=1S/C27H29NO6/c1-17-11-12-18(2)21(13-17)28-27(30)25(20-9-7-6-8-10-20)34-24(29)16-19-14-22(31-3)26(33-5)23(15-19)32-4/h6-15,25H,16H2,1-5H3,(H,28,30). The first kappa shape index (κ1) is 24.6. The zero-order chi connectivity index (χ0) is 24.7. The van der Waals surface area contributed by atoms with Crippen molar-refractivity contribution < 1.29 is 28.5 Å². The van der Waals surface area contributed by atoms with E-state index in [4.69, 9.17) is 18.9 Å². The van der Waals surface area contributed by atoms with Gasteiger partial charge in [-0.15, -0.1) is 0 Å². The molecule has 1 unspecified atom stereocenters. The van der Waals surface area contributed by atoms with Crippen LogP contribution >= 0.6 is 0 Å². The van der Waals surface area contributed by atoms with Gasteiger partial charge in [-0.1, -0.05) is 42.5 Å². The van der Waals surface area contributed by atoms with Gasteiger partial charge in [0.05, 0.1) is 27.8 Å². The van der Waals surface area contributed by atoms with Gasteiger partial charge in [0, 0.05) is 11.3 Å². The number of nitrogens with one attached hydrogen (secondary N) is 1. The van der Waals surface area contributed by atoms with Crippen molar-refractivity contribution in [2.24, 2.45) is 0 Å².